The molecule has 0 bridgehead atoms. The predicted octanol–water partition coefficient (Wildman–Crippen LogP) is 1.14. The number of carbonyl (C=O) groups excluding carboxylic acids is 1. The molecule has 0 aliphatic heterocycles. The fourth-order valence-electron chi connectivity index (χ4n) is 1.59. The van der Waals surface area contributed by atoms with Gasteiger partial charge in [0.05, 0.1) is 12.0 Å². The van der Waals surface area contributed by atoms with Crippen LogP contribution in [0.4, 0.5) is 0 Å². The van der Waals surface area contributed by atoms with Crippen molar-refractivity contribution in [3.05, 3.63) is 0 Å². The highest BCUT2D eigenvalue weighted by molar-refractivity contribution is 5.76. The van der Waals surface area contributed by atoms with Gasteiger partial charge in [-0.25, -0.2) is 0 Å². The van der Waals surface area contributed by atoms with Crippen molar-refractivity contribution in [2.75, 3.05) is 19.6 Å². The quantitative estimate of drug-likeness (QED) is 0.704. The first kappa shape index (κ1) is 13.0. The minimum atomic E-state index is 0.0337. The summed E-state index contributed by atoms with van der Waals surface area (Å²) in [6, 6.07) is 2.66. The molecule has 16 heavy (non-hydrogen) atoms. The molecule has 1 aliphatic rings. The van der Waals surface area contributed by atoms with E-state index in [1.807, 2.05) is 6.92 Å². The van der Waals surface area contributed by atoms with E-state index < -0.39 is 0 Å². The molecule has 0 saturated heterocycles. The van der Waals surface area contributed by atoms with E-state index in [-0.39, 0.29) is 11.8 Å². The number of hydrogen-bond donors (Lipinski definition) is 1. The molecule has 1 saturated carbocycles. The first-order chi connectivity index (χ1) is 7.65. The number of nitrogens with zero attached hydrogens (tertiary/aromatic N) is 2. The van der Waals surface area contributed by atoms with Crippen LogP contribution in [0.1, 0.15) is 33.1 Å². The van der Waals surface area contributed by atoms with Gasteiger partial charge in [-0.3, -0.25) is 4.79 Å². The largest absolute Gasteiger partial charge is 0.353 e. The lowest BCUT2D eigenvalue weighted by Gasteiger charge is -2.20. The van der Waals surface area contributed by atoms with Crippen LogP contribution < -0.4 is 5.32 Å². The molecule has 1 N–H and O–H groups in total. The van der Waals surface area contributed by atoms with Gasteiger partial charge in [-0.1, -0.05) is 6.92 Å². The number of amides is 1. The minimum Gasteiger partial charge on any atom is -0.353 e. The van der Waals surface area contributed by atoms with Crippen LogP contribution in [-0.2, 0) is 4.79 Å². The van der Waals surface area contributed by atoms with Crippen molar-refractivity contribution < 1.29 is 4.79 Å². The van der Waals surface area contributed by atoms with Crippen LogP contribution in [0.5, 0.6) is 0 Å². The fraction of sp³-hybridized carbons (Fsp3) is 0.833. The highest BCUT2D eigenvalue weighted by Gasteiger charge is 2.23. The lowest BCUT2D eigenvalue weighted by Crippen LogP contribution is -2.33. The van der Waals surface area contributed by atoms with Gasteiger partial charge in [0.2, 0.25) is 5.91 Å². The van der Waals surface area contributed by atoms with Crippen molar-refractivity contribution in [1.29, 1.82) is 5.26 Å². The summed E-state index contributed by atoms with van der Waals surface area (Å²) < 4.78 is 0. The Morgan fingerprint density at radius 1 is 1.62 bits per heavy atom. The molecule has 0 spiro atoms. The Morgan fingerprint density at radius 3 is 2.81 bits per heavy atom. The predicted molar refractivity (Wildman–Crippen MR) is 62.7 cm³/mol. The maximum Gasteiger partial charge on any atom is 0.221 e. The standard InChI is InChI=1S/C12H21N3O/c1-3-15(9-10(2)8-13)7-6-12(16)14-11-4-5-11/h10-11H,3-7,9H2,1-2H3,(H,14,16). The zero-order valence-electron chi connectivity index (χ0n) is 10.2. The molecule has 1 aliphatic carbocycles. The summed E-state index contributed by atoms with van der Waals surface area (Å²) in [7, 11) is 0. The third-order valence-corrected chi connectivity index (χ3v) is 2.80. The van der Waals surface area contributed by atoms with Crippen molar-refractivity contribution in [1.82, 2.24) is 10.2 Å². The van der Waals surface area contributed by atoms with Crippen molar-refractivity contribution in [2.45, 2.75) is 39.2 Å². The molecule has 0 aromatic rings. The van der Waals surface area contributed by atoms with Crippen LogP contribution in [-0.4, -0.2) is 36.5 Å². The van der Waals surface area contributed by atoms with Gasteiger partial charge in [-0.2, -0.15) is 5.26 Å². The van der Waals surface area contributed by atoms with Crippen LogP contribution in [0.15, 0.2) is 0 Å². The minimum absolute atomic E-state index is 0.0337. The molecule has 4 heteroatoms. The van der Waals surface area contributed by atoms with E-state index in [0.717, 1.165) is 32.5 Å². The molecule has 0 heterocycles. The van der Waals surface area contributed by atoms with E-state index in [9.17, 15) is 4.79 Å². The van der Waals surface area contributed by atoms with Gasteiger partial charge >= 0.3 is 0 Å². The summed E-state index contributed by atoms with van der Waals surface area (Å²) in [6.07, 6.45) is 2.81. The SMILES string of the molecule is CCN(CCC(=O)NC1CC1)CC(C)C#N. The normalized spacial score (nSPS) is 16.9. The lowest BCUT2D eigenvalue weighted by molar-refractivity contribution is -0.121. The Labute approximate surface area is 97.6 Å². The maximum atomic E-state index is 11.5. The third kappa shape index (κ3) is 5.13. The van der Waals surface area contributed by atoms with Gasteiger partial charge in [-0.15, -0.1) is 0 Å². The van der Waals surface area contributed by atoms with Crippen LogP contribution >= 0.6 is 0 Å². The number of nitriles is 1. The van der Waals surface area contributed by atoms with Crippen molar-refractivity contribution in [3.8, 4) is 6.07 Å². The molecule has 1 fully saturated rings. The first-order valence-electron chi connectivity index (χ1n) is 6.07. The summed E-state index contributed by atoms with van der Waals surface area (Å²) in [4.78, 5) is 13.6. The van der Waals surface area contributed by atoms with Gasteiger partial charge in [0.1, 0.15) is 0 Å². The summed E-state index contributed by atoms with van der Waals surface area (Å²) in [5, 5.41) is 11.7. The van der Waals surface area contributed by atoms with E-state index in [4.69, 9.17) is 5.26 Å². The van der Waals surface area contributed by atoms with E-state index in [0.29, 0.717) is 12.5 Å². The number of rotatable bonds is 7. The van der Waals surface area contributed by atoms with Gasteiger partial charge in [0, 0.05) is 25.6 Å². The Bertz CT molecular complexity index is 268. The Balaban J connectivity index is 2.16. The highest BCUT2D eigenvalue weighted by atomic mass is 16.1. The van der Waals surface area contributed by atoms with Crippen molar-refractivity contribution >= 4 is 5.91 Å². The molecule has 1 atom stereocenters. The van der Waals surface area contributed by atoms with Crippen LogP contribution in [0.25, 0.3) is 0 Å². The van der Waals surface area contributed by atoms with Crippen LogP contribution in [0, 0.1) is 17.2 Å². The lowest BCUT2D eigenvalue weighted by atomic mass is 10.2. The Hall–Kier alpha value is -1.08. The average molecular weight is 223 g/mol. The molecule has 0 aromatic carbocycles. The summed E-state index contributed by atoms with van der Waals surface area (Å²) in [5.41, 5.74) is 0. The van der Waals surface area contributed by atoms with Gasteiger partial charge in [0.15, 0.2) is 0 Å². The van der Waals surface area contributed by atoms with E-state index in [1.165, 1.54) is 0 Å². The fourth-order valence-corrected chi connectivity index (χ4v) is 1.59. The van der Waals surface area contributed by atoms with Crippen molar-refractivity contribution in [2.24, 2.45) is 5.92 Å². The molecule has 4 nitrogen and oxygen atoms in total. The highest BCUT2D eigenvalue weighted by Crippen LogP contribution is 2.18. The average Bonchev–Trinajstić information content (AvgIpc) is 3.07. The topological polar surface area (TPSA) is 56.1 Å². The van der Waals surface area contributed by atoms with Gasteiger partial charge in [0.25, 0.3) is 0 Å². The van der Waals surface area contributed by atoms with Crippen LogP contribution in [0.3, 0.4) is 0 Å². The second-order valence-corrected chi connectivity index (χ2v) is 4.52. The maximum absolute atomic E-state index is 11.5. The molecule has 0 aromatic heterocycles. The van der Waals surface area contributed by atoms with E-state index in [1.54, 1.807) is 0 Å². The Morgan fingerprint density at radius 2 is 2.31 bits per heavy atom. The van der Waals surface area contributed by atoms with E-state index in [2.05, 4.69) is 23.2 Å². The third-order valence-electron chi connectivity index (χ3n) is 2.80. The summed E-state index contributed by atoms with van der Waals surface area (Å²) in [5.74, 6) is 0.178. The van der Waals surface area contributed by atoms with E-state index >= 15 is 0 Å². The van der Waals surface area contributed by atoms with Gasteiger partial charge in [-0.05, 0) is 26.3 Å². The number of hydrogen-bond acceptors (Lipinski definition) is 3. The number of carbonyl (C=O) groups is 1. The zero-order valence-corrected chi connectivity index (χ0v) is 10.2. The molecule has 90 valence electrons. The first-order valence-corrected chi connectivity index (χ1v) is 6.07. The zero-order chi connectivity index (χ0) is 12.0. The molecule has 1 amide bonds. The second-order valence-electron chi connectivity index (χ2n) is 4.52. The molecular formula is C12H21N3O. The summed E-state index contributed by atoms with van der Waals surface area (Å²) >= 11 is 0. The molecule has 1 unspecified atom stereocenters. The van der Waals surface area contributed by atoms with Crippen LogP contribution in [0.2, 0.25) is 0 Å². The summed E-state index contributed by atoms with van der Waals surface area (Å²) in [6.45, 7) is 6.36. The molecule has 1 rings (SSSR count). The molecule has 0 radical (unpaired) electrons. The second kappa shape index (κ2) is 6.49. The Kier molecular flexibility index (Phi) is 5.27. The monoisotopic (exact) mass is 223 g/mol. The van der Waals surface area contributed by atoms with Crippen molar-refractivity contribution in [3.63, 3.8) is 0 Å². The van der Waals surface area contributed by atoms with Gasteiger partial charge < -0.3 is 10.2 Å². The number of nitrogens with one attached hydrogen (secondary N) is 1. The smallest absolute Gasteiger partial charge is 0.221 e. The molecular weight excluding hydrogens is 202 g/mol.